The van der Waals surface area contributed by atoms with Gasteiger partial charge < -0.3 is 11.1 Å². The van der Waals surface area contributed by atoms with Crippen molar-refractivity contribution in [3.63, 3.8) is 0 Å². The Hall–Kier alpha value is -1.23. The molecule has 0 amide bonds. The van der Waals surface area contributed by atoms with Gasteiger partial charge in [-0.15, -0.1) is 23.7 Å². The first kappa shape index (κ1) is 13.2. The van der Waals surface area contributed by atoms with E-state index in [2.05, 4.69) is 23.3 Å². The first-order valence-corrected chi connectivity index (χ1v) is 6.33. The van der Waals surface area contributed by atoms with Crippen molar-refractivity contribution < 1.29 is 0 Å². The molecule has 0 atom stereocenters. The monoisotopic (exact) mass is 299 g/mol. The van der Waals surface area contributed by atoms with E-state index in [4.69, 9.17) is 17.3 Å². The molecule has 0 aromatic carbocycles. The molecule has 3 heterocycles. The number of nitrogens with one attached hydrogen (secondary N) is 1. The Morgan fingerprint density at radius 1 is 1.39 bits per heavy atom. The van der Waals surface area contributed by atoms with E-state index in [1.165, 1.54) is 4.88 Å². The summed E-state index contributed by atoms with van der Waals surface area (Å²) in [7, 11) is 0. The highest BCUT2D eigenvalue weighted by Gasteiger charge is 2.12. The third kappa shape index (κ3) is 2.07. The Morgan fingerprint density at radius 3 is 2.94 bits per heavy atom. The maximum absolute atomic E-state index is 6.18. The number of hydrogen-bond acceptors (Lipinski definition) is 4. The number of rotatable bonds is 0. The zero-order valence-corrected chi connectivity index (χ0v) is 11.9. The lowest BCUT2D eigenvalue weighted by Gasteiger charge is -1.99. The van der Waals surface area contributed by atoms with Crippen molar-refractivity contribution in [2.24, 2.45) is 5.73 Å². The largest absolute Gasteiger partial charge is 0.396 e. The average Bonchev–Trinajstić information content (AvgIpc) is 2.62. The van der Waals surface area contributed by atoms with Gasteiger partial charge in [0, 0.05) is 28.1 Å². The topological polar surface area (TPSA) is 50.9 Å². The summed E-state index contributed by atoms with van der Waals surface area (Å²) in [6.45, 7) is 2.06. The van der Waals surface area contributed by atoms with Crippen LogP contribution in [0.5, 0.6) is 0 Å². The smallest absolute Gasteiger partial charge is 0.102 e. The van der Waals surface area contributed by atoms with Crippen molar-refractivity contribution in [2.75, 3.05) is 5.32 Å². The fourth-order valence-corrected chi connectivity index (χ4v) is 2.94. The van der Waals surface area contributed by atoms with Crippen LogP contribution in [0.25, 0.3) is 11.9 Å². The summed E-state index contributed by atoms with van der Waals surface area (Å²) < 4.78 is 0. The fraction of sp³-hybridized carbons (Fsp3) is 0.0833. The van der Waals surface area contributed by atoms with Crippen molar-refractivity contribution in [1.82, 2.24) is 4.98 Å². The van der Waals surface area contributed by atoms with Gasteiger partial charge in [-0.1, -0.05) is 11.6 Å². The lowest BCUT2D eigenvalue weighted by atomic mass is 10.2. The van der Waals surface area contributed by atoms with Gasteiger partial charge in [-0.2, -0.15) is 0 Å². The third-order valence-electron chi connectivity index (χ3n) is 2.64. The van der Waals surface area contributed by atoms with Crippen LogP contribution < -0.4 is 21.6 Å². The molecule has 0 radical (unpaired) electrons. The molecule has 18 heavy (non-hydrogen) atoms. The predicted molar refractivity (Wildman–Crippen MR) is 79.6 cm³/mol. The molecule has 0 fully saturated rings. The minimum absolute atomic E-state index is 0. The highest BCUT2D eigenvalue weighted by molar-refractivity contribution is 7.16. The van der Waals surface area contributed by atoms with Crippen molar-refractivity contribution in [3.05, 3.63) is 44.4 Å². The molecule has 0 bridgehead atoms. The van der Waals surface area contributed by atoms with E-state index in [-0.39, 0.29) is 12.4 Å². The number of nitrogens with zero attached hydrogens (tertiary/aromatic N) is 1. The van der Waals surface area contributed by atoms with Crippen molar-refractivity contribution >= 4 is 52.2 Å². The zero-order valence-electron chi connectivity index (χ0n) is 9.53. The molecule has 1 aliphatic rings. The summed E-state index contributed by atoms with van der Waals surface area (Å²) in [5.41, 5.74) is 7.88. The SMILES string of the molecule is Cc1cc2c(s1)NC=c1cc(Cl)cnc1=C2N.Cl. The molecule has 3 N–H and O–H groups in total. The van der Waals surface area contributed by atoms with Gasteiger partial charge >= 0.3 is 0 Å². The van der Waals surface area contributed by atoms with E-state index in [1.54, 1.807) is 17.5 Å². The van der Waals surface area contributed by atoms with Crippen LogP contribution in [0.3, 0.4) is 0 Å². The number of pyridine rings is 1. The van der Waals surface area contributed by atoms with Crippen LogP contribution in [0.4, 0.5) is 5.00 Å². The number of halogens is 2. The summed E-state index contributed by atoms with van der Waals surface area (Å²) in [5.74, 6) is 0. The maximum Gasteiger partial charge on any atom is 0.102 e. The van der Waals surface area contributed by atoms with Crippen LogP contribution in [-0.2, 0) is 0 Å². The number of fused-ring (bicyclic) bond motifs is 2. The number of anilines is 1. The lowest BCUT2D eigenvalue weighted by Crippen LogP contribution is -2.32. The van der Waals surface area contributed by atoms with Crippen LogP contribution in [0.2, 0.25) is 5.02 Å². The summed E-state index contributed by atoms with van der Waals surface area (Å²) in [6.07, 6.45) is 3.51. The zero-order chi connectivity index (χ0) is 12.0. The highest BCUT2D eigenvalue weighted by Crippen LogP contribution is 2.30. The van der Waals surface area contributed by atoms with Gasteiger partial charge in [0.2, 0.25) is 0 Å². The molecule has 3 nitrogen and oxygen atoms in total. The molecule has 2 aromatic rings. The van der Waals surface area contributed by atoms with Gasteiger partial charge in [0.15, 0.2) is 0 Å². The molecule has 1 aliphatic heterocycles. The highest BCUT2D eigenvalue weighted by atomic mass is 35.5. The van der Waals surface area contributed by atoms with Crippen LogP contribution in [0.1, 0.15) is 10.4 Å². The quantitative estimate of drug-likeness (QED) is 0.780. The Balaban J connectivity index is 0.00000120. The average molecular weight is 300 g/mol. The van der Waals surface area contributed by atoms with Crippen molar-refractivity contribution in [2.45, 2.75) is 6.92 Å². The number of hydrogen-bond donors (Lipinski definition) is 2. The summed E-state index contributed by atoms with van der Waals surface area (Å²) in [5, 5.41) is 6.60. The standard InChI is InChI=1S/C12H10ClN3S.ClH/c1-6-2-9-10(14)11-7(3-8(13)5-15-11)4-16-12(9)17-6;/h2-5,16H,14H2,1H3;1H. The predicted octanol–water partition coefficient (Wildman–Crippen LogP) is 1.81. The van der Waals surface area contributed by atoms with Gasteiger partial charge in [-0.05, 0) is 19.1 Å². The van der Waals surface area contributed by atoms with Gasteiger partial charge in [0.25, 0.3) is 0 Å². The Bertz CT molecular complexity index is 721. The molecule has 0 unspecified atom stereocenters. The van der Waals surface area contributed by atoms with E-state index in [0.717, 1.165) is 21.1 Å². The molecule has 94 valence electrons. The molecule has 0 aliphatic carbocycles. The first-order chi connectivity index (χ1) is 8.15. The van der Waals surface area contributed by atoms with E-state index in [9.17, 15) is 0 Å². The van der Waals surface area contributed by atoms with Gasteiger partial charge in [-0.25, -0.2) is 0 Å². The minimum Gasteiger partial charge on any atom is -0.396 e. The minimum atomic E-state index is 0. The van der Waals surface area contributed by atoms with Crippen molar-refractivity contribution in [1.29, 1.82) is 0 Å². The summed E-state index contributed by atoms with van der Waals surface area (Å²) in [6, 6.07) is 3.93. The lowest BCUT2D eigenvalue weighted by molar-refractivity contribution is 1.20. The fourth-order valence-electron chi connectivity index (χ4n) is 1.88. The molecule has 6 heteroatoms. The Morgan fingerprint density at radius 2 is 2.17 bits per heavy atom. The van der Waals surface area contributed by atoms with E-state index >= 15 is 0 Å². The molecule has 3 rings (SSSR count). The maximum atomic E-state index is 6.18. The summed E-state index contributed by atoms with van der Waals surface area (Å²) >= 11 is 7.61. The van der Waals surface area contributed by atoms with Crippen LogP contribution in [0, 0.1) is 6.92 Å². The van der Waals surface area contributed by atoms with Crippen LogP contribution >= 0.6 is 35.3 Å². The van der Waals surface area contributed by atoms with Gasteiger partial charge in [0.1, 0.15) is 5.00 Å². The first-order valence-electron chi connectivity index (χ1n) is 5.14. The Labute approximate surface area is 119 Å². The third-order valence-corrected chi connectivity index (χ3v) is 3.83. The molecular weight excluding hydrogens is 289 g/mol. The molecule has 0 saturated carbocycles. The molecule has 0 spiro atoms. The van der Waals surface area contributed by atoms with Crippen LogP contribution in [0.15, 0.2) is 18.3 Å². The molecular formula is C12H11Cl2N3S. The van der Waals surface area contributed by atoms with Gasteiger partial charge in [0.05, 0.1) is 16.1 Å². The normalized spacial score (nSPS) is 12.4. The van der Waals surface area contributed by atoms with E-state index < -0.39 is 0 Å². The second kappa shape index (κ2) is 4.80. The number of aryl methyl sites for hydroxylation is 1. The Kier molecular flexibility index (Phi) is 3.52. The molecule has 0 saturated heterocycles. The van der Waals surface area contributed by atoms with Crippen molar-refractivity contribution in [3.8, 4) is 0 Å². The van der Waals surface area contributed by atoms with Crippen LogP contribution in [-0.4, -0.2) is 4.98 Å². The second-order valence-electron chi connectivity index (χ2n) is 3.89. The number of nitrogens with two attached hydrogens (primary N) is 1. The molecule has 2 aromatic heterocycles. The summed E-state index contributed by atoms with van der Waals surface area (Å²) in [4.78, 5) is 5.53. The van der Waals surface area contributed by atoms with Gasteiger partial charge in [-0.3, -0.25) is 4.98 Å². The van der Waals surface area contributed by atoms with E-state index in [0.29, 0.717) is 10.7 Å². The van der Waals surface area contributed by atoms with E-state index in [1.807, 2.05) is 12.3 Å². The second-order valence-corrected chi connectivity index (χ2v) is 5.59. The number of aromatic nitrogens is 1. The number of thiophene rings is 1.